The maximum atomic E-state index is 13.7. The molecule has 7 nitrogen and oxygen atoms in total. The van der Waals surface area contributed by atoms with Crippen molar-refractivity contribution in [2.45, 2.75) is 32.1 Å². The summed E-state index contributed by atoms with van der Waals surface area (Å²) in [5.41, 5.74) is 5.60. The van der Waals surface area contributed by atoms with Crippen molar-refractivity contribution in [1.29, 1.82) is 0 Å². The third-order valence-electron chi connectivity index (χ3n) is 10.5. The number of aryl methyl sites for hydroxylation is 1. The van der Waals surface area contributed by atoms with Crippen LogP contribution in [0.2, 0.25) is 0 Å². The summed E-state index contributed by atoms with van der Waals surface area (Å²) in [6.07, 6.45) is -4.99. The maximum Gasteiger partial charge on any atom is 0.418 e. The zero-order valence-electron chi connectivity index (χ0n) is 34.2. The van der Waals surface area contributed by atoms with Crippen molar-refractivity contribution in [2.24, 2.45) is 0 Å². The van der Waals surface area contributed by atoms with Gasteiger partial charge in [0.15, 0.2) is 5.82 Å². The van der Waals surface area contributed by atoms with Crippen molar-refractivity contribution in [3.63, 3.8) is 0 Å². The number of methoxy groups -OCH3 is 1. The summed E-state index contributed by atoms with van der Waals surface area (Å²) < 4.78 is 92.1. The molecule has 0 bridgehead atoms. The first-order valence-electron chi connectivity index (χ1n) is 19.9. The summed E-state index contributed by atoms with van der Waals surface area (Å²) in [7, 11) is 1.29. The molecular weight excluding hydrogens is 831 g/mol. The molecule has 9 aromatic rings. The average molecular weight is 867 g/mol. The van der Waals surface area contributed by atoms with Gasteiger partial charge in [0, 0.05) is 28.7 Å². The summed E-state index contributed by atoms with van der Waals surface area (Å²) in [4.78, 5) is 24.8. The van der Waals surface area contributed by atoms with Crippen molar-refractivity contribution < 1.29 is 40.4 Å². The Hall–Kier alpha value is -7.67. The van der Waals surface area contributed by atoms with Gasteiger partial charge in [-0.15, -0.1) is 0 Å². The van der Waals surface area contributed by atoms with Crippen molar-refractivity contribution in [3.05, 3.63) is 203 Å². The van der Waals surface area contributed by atoms with E-state index in [4.69, 9.17) is 9.26 Å². The number of esters is 1. The van der Waals surface area contributed by atoms with E-state index in [9.17, 15) is 31.1 Å². The van der Waals surface area contributed by atoms with Crippen LogP contribution in [0.25, 0.3) is 55.5 Å². The smallest absolute Gasteiger partial charge is 0.418 e. The number of rotatable bonds is 8. The van der Waals surface area contributed by atoms with Crippen LogP contribution < -0.4 is 0 Å². The lowest BCUT2D eigenvalue weighted by atomic mass is 9.91. The summed E-state index contributed by atoms with van der Waals surface area (Å²) in [5.74, 6) is 0.346. The van der Waals surface area contributed by atoms with Crippen LogP contribution in [0.4, 0.5) is 26.3 Å². The van der Waals surface area contributed by atoms with Gasteiger partial charge in [-0.3, -0.25) is 9.97 Å². The molecule has 6 aromatic carbocycles. The number of carbonyl (C=O) groups excluding carboxylic acids is 1. The molecule has 0 fully saturated rings. The number of nitrogens with zero attached hydrogens (tertiary/aromatic N) is 4. The summed E-state index contributed by atoms with van der Waals surface area (Å²) in [6.45, 7) is 1.73. The molecule has 0 saturated heterocycles. The first-order chi connectivity index (χ1) is 30.8. The molecule has 3 heterocycles. The lowest BCUT2D eigenvalue weighted by Gasteiger charge is -2.17. The Labute approximate surface area is 363 Å². The normalized spacial score (nSPS) is 11.6. The molecule has 0 atom stereocenters. The van der Waals surface area contributed by atoms with Crippen molar-refractivity contribution in [2.75, 3.05) is 7.11 Å². The molecule has 9 rings (SSSR count). The van der Waals surface area contributed by atoms with Gasteiger partial charge in [0.05, 0.1) is 34.8 Å². The van der Waals surface area contributed by atoms with E-state index in [0.717, 1.165) is 39.9 Å². The van der Waals surface area contributed by atoms with Crippen molar-refractivity contribution in [1.82, 2.24) is 20.1 Å². The van der Waals surface area contributed by atoms with Crippen LogP contribution in [0.15, 0.2) is 163 Å². The largest absolute Gasteiger partial charge is 0.465 e. The van der Waals surface area contributed by atoms with E-state index in [0.29, 0.717) is 63.1 Å². The highest BCUT2D eigenvalue weighted by Crippen LogP contribution is 2.41. The molecule has 0 amide bonds. The Morgan fingerprint density at radius 3 is 1.52 bits per heavy atom. The molecule has 320 valence electrons. The minimum atomic E-state index is -4.53. The topological polar surface area (TPSA) is 91.0 Å². The monoisotopic (exact) mass is 866 g/mol. The summed E-state index contributed by atoms with van der Waals surface area (Å²) in [6, 6.07) is 41.7. The van der Waals surface area contributed by atoms with Crippen LogP contribution >= 0.6 is 0 Å². The van der Waals surface area contributed by atoms with Crippen molar-refractivity contribution in [3.8, 4) is 33.7 Å². The Bertz CT molecular complexity index is 3110. The lowest BCUT2D eigenvalue weighted by Crippen LogP contribution is -2.08. The van der Waals surface area contributed by atoms with E-state index in [2.05, 4.69) is 20.1 Å². The molecule has 0 unspecified atom stereocenters. The second kappa shape index (κ2) is 18.0. The van der Waals surface area contributed by atoms with Crippen LogP contribution in [0.5, 0.6) is 0 Å². The second-order valence-corrected chi connectivity index (χ2v) is 14.8. The number of ether oxygens (including phenoxy) is 1. The van der Waals surface area contributed by atoms with Gasteiger partial charge < -0.3 is 9.26 Å². The molecule has 0 aliphatic carbocycles. The molecule has 0 spiro atoms. The number of halogens is 6. The molecule has 64 heavy (non-hydrogen) atoms. The third kappa shape index (κ3) is 9.24. The van der Waals surface area contributed by atoms with E-state index in [1.54, 1.807) is 49.5 Å². The first-order valence-corrected chi connectivity index (χ1v) is 19.9. The van der Waals surface area contributed by atoms with E-state index >= 15 is 0 Å². The summed E-state index contributed by atoms with van der Waals surface area (Å²) in [5, 5.41) is 4.66. The number of hydrogen-bond donors (Lipinski definition) is 0. The molecule has 0 radical (unpaired) electrons. The molecule has 0 aliphatic heterocycles. The Morgan fingerprint density at radius 2 is 1.05 bits per heavy atom. The zero-order chi connectivity index (χ0) is 45.0. The van der Waals surface area contributed by atoms with Gasteiger partial charge in [-0.1, -0.05) is 114 Å². The number of carbonyl (C=O) groups is 1. The average Bonchev–Trinajstić information content (AvgIpc) is 3.74. The molecule has 13 heteroatoms. The minimum Gasteiger partial charge on any atom is -0.465 e. The number of fused-ring (bicyclic) bond motifs is 2. The van der Waals surface area contributed by atoms with Gasteiger partial charge >= 0.3 is 18.3 Å². The first kappa shape index (κ1) is 43.0. The van der Waals surface area contributed by atoms with Gasteiger partial charge in [-0.05, 0) is 101 Å². The highest BCUT2D eigenvalue weighted by molar-refractivity contribution is 6.00. The molecule has 0 saturated carbocycles. The van der Waals surface area contributed by atoms with Gasteiger partial charge in [-0.2, -0.15) is 31.3 Å². The lowest BCUT2D eigenvalue weighted by molar-refractivity contribution is -0.137. The number of benzene rings is 6. The van der Waals surface area contributed by atoms with Crippen LogP contribution in [0.1, 0.15) is 49.6 Å². The predicted octanol–water partition coefficient (Wildman–Crippen LogP) is 13.2. The number of pyridine rings is 2. The number of alkyl halides is 6. The number of hydrogen-bond acceptors (Lipinski definition) is 7. The Kier molecular flexibility index (Phi) is 12.1. The molecule has 3 aromatic heterocycles. The van der Waals surface area contributed by atoms with Crippen LogP contribution in [-0.2, 0) is 29.9 Å². The number of aromatic nitrogens is 4. The van der Waals surface area contributed by atoms with Crippen LogP contribution in [0.3, 0.4) is 0 Å². The van der Waals surface area contributed by atoms with Crippen molar-refractivity contribution >= 4 is 27.8 Å². The van der Waals surface area contributed by atoms with E-state index in [1.165, 1.54) is 25.4 Å². The van der Waals surface area contributed by atoms with Crippen LogP contribution in [-0.4, -0.2) is 33.2 Å². The van der Waals surface area contributed by atoms with Crippen LogP contribution in [0, 0.1) is 6.92 Å². The standard InChI is InChI=1S/C26H18F3N3O.C25H18F3NO2/c1-16-31-25(33-32-16)19-10-5-9-18(14-19)23-20(13-17-7-3-2-4-8-17)15-30-24-21(23)11-6-12-22(24)26(27,28)29;1-31-24(30)18-10-5-9-17(14-18)22-19(13-16-7-3-2-4-8-16)15-29-23-20(22)11-6-12-21(23)25(26,27)28/h2-12,14-15H,13H2,1H3;2-12,14-15H,13H2,1H3. The zero-order valence-corrected chi connectivity index (χ0v) is 34.2. The Balaban J connectivity index is 0.000000175. The van der Waals surface area contributed by atoms with E-state index in [-0.39, 0.29) is 11.0 Å². The predicted molar refractivity (Wildman–Crippen MR) is 232 cm³/mol. The van der Waals surface area contributed by atoms with Gasteiger partial charge in [0.2, 0.25) is 0 Å². The maximum absolute atomic E-state index is 13.7. The fraction of sp³-hybridized carbons (Fsp3) is 0.118. The molecule has 0 N–H and O–H groups in total. The van der Waals surface area contributed by atoms with E-state index < -0.39 is 29.4 Å². The molecule has 0 aliphatic rings. The fourth-order valence-corrected chi connectivity index (χ4v) is 7.71. The highest BCUT2D eigenvalue weighted by Gasteiger charge is 2.35. The third-order valence-corrected chi connectivity index (χ3v) is 10.5. The fourth-order valence-electron chi connectivity index (χ4n) is 7.71. The highest BCUT2D eigenvalue weighted by atomic mass is 19.4. The minimum absolute atomic E-state index is 0.0733. The Morgan fingerprint density at radius 1 is 0.578 bits per heavy atom. The number of para-hydroxylation sites is 2. The SMILES string of the molecule is COC(=O)c1cccc(-c2c(Cc3ccccc3)cnc3c(C(F)(F)F)cccc23)c1.Cc1noc(-c2cccc(-c3c(Cc4ccccc4)cnc4c(C(F)(F)F)cccc34)c2)n1. The van der Waals surface area contributed by atoms with Gasteiger partial charge in [0.25, 0.3) is 5.89 Å². The van der Waals surface area contributed by atoms with Gasteiger partial charge in [0.1, 0.15) is 0 Å². The second-order valence-electron chi connectivity index (χ2n) is 14.8. The molecular formula is C51H36F6N4O3. The van der Waals surface area contributed by atoms with Gasteiger partial charge in [-0.25, -0.2) is 4.79 Å². The van der Waals surface area contributed by atoms with E-state index in [1.807, 2.05) is 84.9 Å². The quantitative estimate of drug-likeness (QED) is 0.111. The summed E-state index contributed by atoms with van der Waals surface area (Å²) >= 11 is 0.